The van der Waals surface area contributed by atoms with E-state index in [2.05, 4.69) is 5.32 Å². The molecule has 2 fully saturated rings. The number of carbonyl (C=O) groups is 1. The molecule has 0 unspecified atom stereocenters. The standard InChI is InChI=1S/C22H26N2O4S/c1-24(29(26,27)20-11-9-19(28-2)10-12-20)18-7-5-16(6-8-18)22(25)23-21-14-15-3-4-17(21)13-15/h5-12,15,17,21H,3-4,13-14H2,1-2H3,(H,23,25)/t15-,17-,21-/m0/s1. The molecule has 0 spiro atoms. The zero-order valence-electron chi connectivity index (χ0n) is 16.7. The number of benzene rings is 2. The average Bonchev–Trinajstić information content (AvgIpc) is 3.36. The van der Waals surface area contributed by atoms with Gasteiger partial charge in [-0.1, -0.05) is 6.42 Å². The molecule has 1 N–H and O–H groups in total. The summed E-state index contributed by atoms with van der Waals surface area (Å²) >= 11 is 0. The fourth-order valence-corrected chi connectivity index (χ4v) is 5.74. The molecule has 0 radical (unpaired) electrons. The van der Waals surface area contributed by atoms with Crippen LogP contribution in [-0.4, -0.2) is 34.5 Å². The topological polar surface area (TPSA) is 75.7 Å². The Labute approximate surface area is 171 Å². The number of methoxy groups -OCH3 is 1. The van der Waals surface area contributed by atoms with Gasteiger partial charge in [0, 0.05) is 18.7 Å². The first kappa shape index (κ1) is 19.8. The van der Waals surface area contributed by atoms with Crippen molar-refractivity contribution in [1.29, 1.82) is 0 Å². The predicted octanol–water partition coefficient (Wildman–Crippen LogP) is 3.44. The highest BCUT2D eigenvalue weighted by atomic mass is 32.2. The number of anilines is 1. The number of amides is 1. The van der Waals surface area contributed by atoms with E-state index in [-0.39, 0.29) is 16.8 Å². The van der Waals surface area contributed by atoms with Gasteiger partial charge in [-0.15, -0.1) is 0 Å². The van der Waals surface area contributed by atoms with Crippen LogP contribution in [0.4, 0.5) is 5.69 Å². The zero-order valence-corrected chi connectivity index (χ0v) is 17.5. The highest BCUT2D eigenvalue weighted by Gasteiger charge is 2.40. The van der Waals surface area contributed by atoms with Crippen molar-refractivity contribution in [2.24, 2.45) is 11.8 Å². The molecule has 1 amide bonds. The van der Waals surface area contributed by atoms with Gasteiger partial charge in [0.25, 0.3) is 15.9 Å². The number of fused-ring (bicyclic) bond motifs is 2. The van der Waals surface area contributed by atoms with Gasteiger partial charge in [0.05, 0.1) is 17.7 Å². The zero-order chi connectivity index (χ0) is 20.6. The van der Waals surface area contributed by atoms with Crippen LogP contribution in [-0.2, 0) is 10.0 Å². The van der Waals surface area contributed by atoms with Crippen LogP contribution in [0.3, 0.4) is 0 Å². The minimum absolute atomic E-state index is 0.0882. The quantitative estimate of drug-likeness (QED) is 0.786. The van der Waals surface area contributed by atoms with E-state index < -0.39 is 10.0 Å². The number of ether oxygens (including phenoxy) is 1. The van der Waals surface area contributed by atoms with E-state index in [4.69, 9.17) is 4.74 Å². The van der Waals surface area contributed by atoms with Crippen molar-refractivity contribution >= 4 is 21.6 Å². The molecule has 0 aromatic heterocycles. The van der Waals surface area contributed by atoms with E-state index in [1.807, 2.05) is 0 Å². The van der Waals surface area contributed by atoms with Crippen LogP contribution in [0, 0.1) is 11.8 Å². The molecule has 2 aliphatic rings. The van der Waals surface area contributed by atoms with Crippen LogP contribution < -0.4 is 14.4 Å². The predicted molar refractivity (Wildman–Crippen MR) is 112 cm³/mol. The summed E-state index contributed by atoms with van der Waals surface area (Å²) in [5, 5.41) is 3.16. The maximum atomic E-state index is 12.9. The smallest absolute Gasteiger partial charge is 0.264 e. The molecular formula is C22H26N2O4S. The van der Waals surface area contributed by atoms with Crippen LogP contribution in [0.15, 0.2) is 53.4 Å². The lowest BCUT2D eigenvalue weighted by Crippen LogP contribution is -2.38. The summed E-state index contributed by atoms with van der Waals surface area (Å²) in [7, 11) is -0.661. The first-order valence-corrected chi connectivity index (χ1v) is 11.4. The number of nitrogens with one attached hydrogen (secondary N) is 1. The fraction of sp³-hybridized carbons (Fsp3) is 0.409. The second-order valence-electron chi connectivity index (χ2n) is 7.95. The molecule has 0 aliphatic heterocycles. The Balaban J connectivity index is 1.45. The first-order chi connectivity index (χ1) is 13.9. The Morgan fingerprint density at radius 1 is 1.03 bits per heavy atom. The molecule has 2 aliphatic carbocycles. The van der Waals surface area contributed by atoms with Crippen LogP contribution >= 0.6 is 0 Å². The van der Waals surface area contributed by atoms with E-state index in [0.717, 1.165) is 12.3 Å². The molecule has 6 nitrogen and oxygen atoms in total. The van der Waals surface area contributed by atoms with E-state index in [0.29, 0.717) is 22.9 Å². The lowest BCUT2D eigenvalue weighted by atomic mass is 9.95. The molecule has 154 valence electrons. The Kier molecular flexibility index (Phi) is 5.25. The normalized spacial score (nSPS) is 23.0. The van der Waals surface area contributed by atoms with Gasteiger partial charge in [-0.2, -0.15) is 0 Å². The molecule has 4 rings (SSSR count). The molecule has 2 saturated carbocycles. The second-order valence-corrected chi connectivity index (χ2v) is 9.92. The molecule has 0 heterocycles. The summed E-state index contributed by atoms with van der Waals surface area (Å²) in [5.74, 6) is 1.89. The molecule has 29 heavy (non-hydrogen) atoms. The van der Waals surface area contributed by atoms with Crippen molar-refractivity contribution in [2.45, 2.75) is 36.6 Å². The SMILES string of the molecule is COc1ccc(S(=O)(=O)N(C)c2ccc(C(=O)N[C@H]3C[C@H]4CC[C@H]3C4)cc2)cc1. The monoisotopic (exact) mass is 414 g/mol. The van der Waals surface area contributed by atoms with E-state index in [9.17, 15) is 13.2 Å². The third kappa shape index (κ3) is 3.83. The molecular weight excluding hydrogens is 388 g/mol. The van der Waals surface area contributed by atoms with Crippen molar-refractivity contribution in [3.63, 3.8) is 0 Å². The van der Waals surface area contributed by atoms with Crippen molar-refractivity contribution in [3.8, 4) is 5.75 Å². The molecule has 0 saturated heterocycles. The number of nitrogens with zero attached hydrogens (tertiary/aromatic N) is 1. The van der Waals surface area contributed by atoms with Crippen molar-refractivity contribution < 1.29 is 17.9 Å². The third-order valence-electron chi connectivity index (χ3n) is 6.27. The molecule has 3 atom stereocenters. The Morgan fingerprint density at radius 3 is 2.28 bits per heavy atom. The molecule has 7 heteroatoms. The van der Waals surface area contributed by atoms with Gasteiger partial charge >= 0.3 is 0 Å². The highest BCUT2D eigenvalue weighted by Crippen LogP contribution is 2.44. The summed E-state index contributed by atoms with van der Waals surface area (Å²) in [5.41, 5.74) is 1.05. The number of hydrogen-bond donors (Lipinski definition) is 1. The largest absolute Gasteiger partial charge is 0.497 e. The summed E-state index contributed by atoms with van der Waals surface area (Å²) < 4.78 is 32.0. The number of carbonyl (C=O) groups excluding carboxylic acids is 1. The van der Waals surface area contributed by atoms with Crippen molar-refractivity contribution in [1.82, 2.24) is 5.32 Å². The van der Waals surface area contributed by atoms with Gasteiger partial charge in [0.15, 0.2) is 0 Å². The van der Waals surface area contributed by atoms with Gasteiger partial charge < -0.3 is 10.1 Å². The molecule has 2 aromatic rings. The summed E-state index contributed by atoms with van der Waals surface area (Å²) in [6.45, 7) is 0. The van der Waals surface area contributed by atoms with Gasteiger partial charge in [0.1, 0.15) is 5.75 Å². The first-order valence-electron chi connectivity index (χ1n) is 9.92. The Morgan fingerprint density at radius 2 is 1.72 bits per heavy atom. The summed E-state index contributed by atoms with van der Waals surface area (Å²) in [4.78, 5) is 12.8. The maximum Gasteiger partial charge on any atom is 0.264 e. The van der Waals surface area contributed by atoms with Gasteiger partial charge in [0.2, 0.25) is 0 Å². The van der Waals surface area contributed by atoms with Crippen LogP contribution in [0.2, 0.25) is 0 Å². The van der Waals surface area contributed by atoms with Gasteiger partial charge in [-0.3, -0.25) is 9.10 Å². The summed E-state index contributed by atoms with van der Waals surface area (Å²) in [6, 6.07) is 13.2. The Hall–Kier alpha value is -2.54. The van der Waals surface area contributed by atoms with Crippen LogP contribution in [0.5, 0.6) is 5.75 Å². The number of rotatable bonds is 6. The Bertz CT molecular complexity index is 986. The van der Waals surface area contributed by atoms with Crippen molar-refractivity contribution in [3.05, 3.63) is 54.1 Å². The van der Waals surface area contributed by atoms with E-state index >= 15 is 0 Å². The fourth-order valence-electron chi connectivity index (χ4n) is 4.54. The minimum Gasteiger partial charge on any atom is -0.497 e. The number of hydrogen-bond acceptors (Lipinski definition) is 4. The van der Waals surface area contributed by atoms with Crippen molar-refractivity contribution in [2.75, 3.05) is 18.5 Å². The maximum absolute atomic E-state index is 12.9. The summed E-state index contributed by atoms with van der Waals surface area (Å²) in [6.07, 6.45) is 4.82. The number of sulfonamides is 1. The van der Waals surface area contributed by atoms with Crippen LogP contribution in [0.1, 0.15) is 36.0 Å². The second kappa shape index (κ2) is 7.71. The van der Waals surface area contributed by atoms with Crippen LogP contribution in [0.25, 0.3) is 0 Å². The highest BCUT2D eigenvalue weighted by molar-refractivity contribution is 7.92. The lowest BCUT2D eigenvalue weighted by molar-refractivity contribution is 0.0923. The average molecular weight is 415 g/mol. The minimum atomic E-state index is -3.70. The van der Waals surface area contributed by atoms with Gasteiger partial charge in [-0.25, -0.2) is 8.42 Å². The van der Waals surface area contributed by atoms with E-state index in [1.165, 1.54) is 49.9 Å². The third-order valence-corrected chi connectivity index (χ3v) is 8.07. The lowest BCUT2D eigenvalue weighted by Gasteiger charge is -2.23. The molecule has 2 aromatic carbocycles. The van der Waals surface area contributed by atoms with Gasteiger partial charge in [-0.05, 0) is 79.6 Å². The molecule has 2 bridgehead atoms. The van der Waals surface area contributed by atoms with E-state index in [1.54, 1.807) is 36.4 Å².